The Balaban J connectivity index is 1.55. The van der Waals surface area contributed by atoms with Crippen LogP contribution in [0.15, 0.2) is 53.3 Å². The van der Waals surface area contributed by atoms with Crippen LogP contribution in [0.5, 0.6) is 5.75 Å². The van der Waals surface area contributed by atoms with Crippen LogP contribution in [-0.4, -0.2) is 20.7 Å². The maximum Gasteiger partial charge on any atom is 0.229 e. The van der Waals surface area contributed by atoms with Crippen LogP contribution in [0, 0.1) is 0 Å². The molecule has 0 spiro atoms. The number of amides is 1. The minimum absolute atomic E-state index is 0.0781. The van der Waals surface area contributed by atoms with Crippen molar-refractivity contribution >= 4 is 39.4 Å². The lowest BCUT2D eigenvalue weighted by Gasteiger charge is -2.24. The zero-order valence-corrected chi connectivity index (χ0v) is 15.9. The first kappa shape index (κ1) is 17.1. The highest BCUT2D eigenvalue weighted by molar-refractivity contribution is 9.10. The molecule has 2 aromatic carbocycles. The van der Waals surface area contributed by atoms with E-state index in [2.05, 4.69) is 31.3 Å². The Kier molecular flexibility index (Phi) is 4.65. The molecule has 0 bridgehead atoms. The van der Waals surface area contributed by atoms with E-state index in [1.807, 2.05) is 42.5 Å². The number of nitrogens with zero attached hydrogens (tertiary/aromatic N) is 3. The number of hydrogen-bond donors (Lipinski definition) is 1. The van der Waals surface area contributed by atoms with Crippen LogP contribution >= 0.6 is 27.5 Å². The van der Waals surface area contributed by atoms with E-state index in [1.165, 1.54) is 6.33 Å². The quantitative estimate of drug-likeness (QED) is 0.669. The molecular weight excluding hydrogens is 420 g/mol. The fourth-order valence-corrected chi connectivity index (χ4v) is 3.58. The molecule has 1 aliphatic heterocycles. The molecule has 1 amide bonds. The number of ether oxygens (including phenoxy) is 1. The first-order valence-electron chi connectivity index (χ1n) is 7.97. The van der Waals surface area contributed by atoms with Gasteiger partial charge in [-0.25, -0.2) is 4.68 Å². The van der Waals surface area contributed by atoms with Crippen molar-refractivity contribution in [1.29, 1.82) is 0 Å². The van der Waals surface area contributed by atoms with Gasteiger partial charge in [-0.2, -0.15) is 10.1 Å². The van der Waals surface area contributed by atoms with Gasteiger partial charge in [0.25, 0.3) is 0 Å². The van der Waals surface area contributed by atoms with Crippen LogP contribution < -0.4 is 10.1 Å². The van der Waals surface area contributed by atoms with Gasteiger partial charge >= 0.3 is 0 Å². The largest absolute Gasteiger partial charge is 0.488 e. The third-order valence-corrected chi connectivity index (χ3v) is 5.17. The van der Waals surface area contributed by atoms with E-state index < -0.39 is 0 Å². The molecule has 6 nitrogen and oxygen atoms in total. The fraction of sp³-hybridized carbons (Fsp3) is 0.167. The number of anilines is 1. The lowest BCUT2D eigenvalue weighted by atomic mass is 10.0. The summed E-state index contributed by atoms with van der Waals surface area (Å²) in [6.45, 7) is 0.372. The summed E-state index contributed by atoms with van der Waals surface area (Å²) in [4.78, 5) is 16.0. The molecule has 0 fully saturated rings. The van der Waals surface area contributed by atoms with Crippen LogP contribution in [0.1, 0.15) is 23.6 Å². The van der Waals surface area contributed by atoms with Crippen molar-refractivity contribution in [2.45, 2.75) is 19.1 Å². The standard InChI is InChI=1S/C18H14BrClN4O2/c19-13-7-11(15-8-17(25)23-18-21-10-22-24(15)18)5-6-16(13)26-9-12-3-1-2-4-14(12)20/h1-7,10,15H,8-9H2,(H,21,22,23,25)/t15-/m0/s1. The van der Waals surface area contributed by atoms with Crippen molar-refractivity contribution in [1.82, 2.24) is 14.8 Å². The summed E-state index contributed by atoms with van der Waals surface area (Å²) in [5.74, 6) is 1.08. The highest BCUT2D eigenvalue weighted by Gasteiger charge is 2.28. The molecule has 26 heavy (non-hydrogen) atoms. The average Bonchev–Trinajstić information content (AvgIpc) is 3.09. The minimum atomic E-state index is -0.199. The zero-order chi connectivity index (χ0) is 18.1. The summed E-state index contributed by atoms with van der Waals surface area (Å²) in [5.41, 5.74) is 1.87. The average molecular weight is 434 g/mol. The van der Waals surface area contributed by atoms with E-state index in [0.29, 0.717) is 29.7 Å². The van der Waals surface area contributed by atoms with Crippen LogP contribution in [0.25, 0.3) is 0 Å². The number of hydrogen-bond acceptors (Lipinski definition) is 4. The number of nitrogens with one attached hydrogen (secondary N) is 1. The van der Waals surface area contributed by atoms with Gasteiger partial charge in [0, 0.05) is 10.6 Å². The molecule has 1 N–H and O–H groups in total. The molecule has 132 valence electrons. The highest BCUT2D eigenvalue weighted by atomic mass is 79.9. The van der Waals surface area contributed by atoms with Gasteiger partial charge < -0.3 is 4.74 Å². The zero-order valence-electron chi connectivity index (χ0n) is 13.5. The molecule has 0 saturated heterocycles. The molecule has 0 radical (unpaired) electrons. The normalized spacial score (nSPS) is 16.1. The van der Waals surface area contributed by atoms with Crippen molar-refractivity contribution < 1.29 is 9.53 Å². The Morgan fingerprint density at radius 2 is 2.15 bits per heavy atom. The van der Waals surface area contributed by atoms with E-state index in [0.717, 1.165) is 15.6 Å². The molecule has 0 aliphatic carbocycles. The van der Waals surface area contributed by atoms with Crippen molar-refractivity contribution in [2.24, 2.45) is 0 Å². The van der Waals surface area contributed by atoms with Crippen LogP contribution in [0.4, 0.5) is 5.95 Å². The number of benzene rings is 2. The van der Waals surface area contributed by atoms with Gasteiger partial charge in [0.2, 0.25) is 11.9 Å². The number of fused-ring (bicyclic) bond motifs is 1. The monoisotopic (exact) mass is 432 g/mol. The topological polar surface area (TPSA) is 69.0 Å². The molecular formula is C18H14BrClN4O2. The summed E-state index contributed by atoms with van der Waals surface area (Å²) >= 11 is 9.71. The minimum Gasteiger partial charge on any atom is -0.488 e. The van der Waals surface area contributed by atoms with E-state index in [9.17, 15) is 4.79 Å². The first-order valence-corrected chi connectivity index (χ1v) is 9.14. The maximum atomic E-state index is 11.9. The van der Waals surface area contributed by atoms with E-state index in [1.54, 1.807) is 4.68 Å². The van der Waals surface area contributed by atoms with Crippen molar-refractivity contribution in [2.75, 3.05) is 5.32 Å². The molecule has 1 aromatic heterocycles. The third kappa shape index (κ3) is 3.32. The van der Waals surface area contributed by atoms with Crippen LogP contribution in [-0.2, 0) is 11.4 Å². The SMILES string of the molecule is O=C1C[C@@H](c2ccc(OCc3ccccc3Cl)c(Br)c2)n2ncnc2N1. The summed E-state index contributed by atoms with van der Waals surface area (Å²) in [6, 6.07) is 13.1. The van der Waals surface area contributed by atoms with E-state index in [4.69, 9.17) is 16.3 Å². The number of rotatable bonds is 4. The second kappa shape index (κ2) is 7.09. The smallest absolute Gasteiger partial charge is 0.229 e. The Labute approximate surface area is 163 Å². The fourth-order valence-electron chi connectivity index (χ4n) is 2.88. The molecule has 0 unspecified atom stereocenters. The van der Waals surface area contributed by atoms with Crippen molar-refractivity contribution in [3.05, 3.63) is 69.4 Å². The van der Waals surface area contributed by atoms with Gasteiger partial charge in [0.1, 0.15) is 18.7 Å². The lowest BCUT2D eigenvalue weighted by Crippen LogP contribution is -2.29. The number of aromatic nitrogens is 3. The third-order valence-electron chi connectivity index (χ3n) is 4.18. The molecule has 0 saturated carbocycles. The Morgan fingerprint density at radius 3 is 2.96 bits per heavy atom. The van der Waals surface area contributed by atoms with Gasteiger partial charge in [0.05, 0.1) is 16.9 Å². The Hall–Kier alpha value is -2.38. The van der Waals surface area contributed by atoms with E-state index >= 15 is 0 Å². The molecule has 3 aromatic rings. The van der Waals surface area contributed by atoms with Gasteiger partial charge in [0.15, 0.2) is 0 Å². The second-order valence-corrected chi connectivity index (χ2v) is 7.13. The van der Waals surface area contributed by atoms with Gasteiger partial charge in [-0.15, -0.1) is 0 Å². The Morgan fingerprint density at radius 1 is 1.31 bits per heavy atom. The molecule has 2 heterocycles. The summed E-state index contributed by atoms with van der Waals surface area (Å²) in [6.07, 6.45) is 1.74. The van der Waals surface area contributed by atoms with Gasteiger partial charge in [-0.05, 0) is 39.7 Å². The predicted octanol–water partition coefficient (Wildman–Crippen LogP) is 4.20. The van der Waals surface area contributed by atoms with Gasteiger partial charge in [-0.1, -0.05) is 35.9 Å². The summed E-state index contributed by atoms with van der Waals surface area (Å²) in [7, 11) is 0. The Bertz CT molecular complexity index is 975. The second-order valence-electron chi connectivity index (χ2n) is 5.87. The van der Waals surface area contributed by atoms with E-state index in [-0.39, 0.29) is 11.9 Å². The molecule has 1 atom stereocenters. The molecule has 4 rings (SSSR count). The predicted molar refractivity (Wildman–Crippen MR) is 101 cm³/mol. The first-order chi connectivity index (χ1) is 12.6. The lowest BCUT2D eigenvalue weighted by molar-refractivity contribution is -0.117. The highest BCUT2D eigenvalue weighted by Crippen LogP contribution is 2.34. The number of carbonyl (C=O) groups excluding carboxylic acids is 1. The molecule has 8 heteroatoms. The summed E-state index contributed by atoms with van der Waals surface area (Å²) in [5, 5.41) is 7.60. The maximum absolute atomic E-state index is 11.9. The molecule has 1 aliphatic rings. The van der Waals surface area contributed by atoms with Gasteiger partial charge in [-0.3, -0.25) is 10.1 Å². The number of halogens is 2. The number of carbonyl (C=O) groups is 1. The summed E-state index contributed by atoms with van der Waals surface area (Å²) < 4.78 is 8.39. The van der Waals surface area contributed by atoms with Crippen LogP contribution in [0.3, 0.4) is 0 Å². The van der Waals surface area contributed by atoms with Crippen molar-refractivity contribution in [3.8, 4) is 5.75 Å². The van der Waals surface area contributed by atoms with Crippen molar-refractivity contribution in [3.63, 3.8) is 0 Å². The van der Waals surface area contributed by atoms with Crippen LogP contribution in [0.2, 0.25) is 5.02 Å².